The second-order valence-corrected chi connectivity index (χ2v) is 5.51. The zero-order valence-electron chi connectivity index (χ0n) is 12.1. The van der Waals surface area contributed by atoms with Crippen LogP contribution in [0.15, 0.2) is 0 Å². The van der Waals surface area contributed by atoms with Crippen molar-refractivity contribution in [2.45, 2.75) is 58.6 Å². The summed E-state index contributed by atoms with van der Waals surface area (Å²) in [5.41, 5.74) is -0.910. The highest BCUT2D eigenvalue weighted by atomic mass is 16.5. The van der Waals surface area contributed by atoms with Gasteiger partial charge in [-0.2, -0.15) is 0 Å². The summed E-state index contributed by atoms with van der Waals surface area (Å²) in [4.78, 5) is 14.2. The van der Waals surface area contributed by atoms with Crippen LogP contribution in [0.5, 0.6) is 0 Å². The van der Waals surface area contributed by atoms with Crippen LogP contribution in [0.4, 0.5) is 0 Å². The molecule has 106 valence electrons. The van der Waals surface area contributed by atoms with Gasteiger partial charge in [0, 0.05) is 19.1 Å². The van der Waals surface area contributed by atoms with Crippen LogP contribution in [0.2, 0.25) is 0 Å². The van der Waals surface area contributed by atoms with E-state index in [4.69, 9.17) is 4.74 Å². The van der Waals surface area contributed by atoms with Crippen LogP contribution < -0.4 is 0 Å². The van der Waals surface area contributed by atoms with Crippen LogP contribution in [0.3, 0.4) is 0 Å². The number of hydrogen-bond acceptors (Lipinski definition) is 4. The molecule has 0 aromatic rings. The van der Waals surface area contributed by atoms with Gasteiger partial charge in [-0.05, 0) is 33.6 Å². The summed E-state index contributed by atoms with van der Waals surface area (Å²) in [7, 11) is 0. The molecule has 1 rings (SSSR count). The topological polar surface area (TPSA) is 49.8 Å². The van der Waals surface area contributed by atoms with E-state index in [9.17, 15) is 9.90 Å². The van der Waals surface area contributed by atoms with Crippen molar-refractivity contribution in [1.82, 2.24) is 4.90 Å². The number of hydrogen-bond donors (Lipinski definition) is 1. The van der Waals surface area contributed by atoms with Crippen LogP contribution in [-0.2, 0) is 9.53 Å². The molecular weight excluding hydrogens is 230 g/mol. The lowest BCUT2D eigenvalue weighted by Gasteiger charge is -2.31. The Morgan fingerprint density at radius 1 is 1.44 bits per heavy atom. The van der Waals surface area contributed by atoms with Gasteiger partial charge >= 0.3 is 5.97 Å². The number of aliphatic hydroxyl groups is 1. The fourth-order valence-corrected chi connectivity index (χ4v) is 2.71. The van der Waals surface area contributed by atoms with Crippen molar-refractivity contribution in [1.29, 1.82) is 0 Å². The maximum absolute atomic E-state index is 12.0. The van der Waals surface area contributed by atoms with Gasteiger partial charge in [-0.1, -0.05) is 13.3 Å². The Hall–Kier alpha value is -0.610. The first kappa shape index (κ1) is 15.4. The number of ether oxygens (including phenoxy) is 1. The van der Waals surface area contributed by atoms with Crippen molar-refractivity contribution in [3.63, 3.8) is 0 Å². The predicted molar refractivity (Wildman–Crippen MR) is 71.3 cm³/mol. The van der Waals surface area contributed by atoms with Gasteiger partial charge in [0.2, 0.25) is 0 Å². The van der Waals surface area contributed by atoms with Crippen molar-refractivity contribution in [2.75, 3.05) is 19.7 Å². The Labute approximate surface area is 110 Å². The Morgan fingerprint density at radius 2 is 2.11 bits per heavy atom. The zero-order chi connectivity index (χ0) is 13.8. The van der Waals surface area contributed by atoms with E-state index in [0.29, 0.717) is 32.0 Å². The lowest BCUT2D eigenvalue weighted by Crippen LogP contribution is -2.46. The minimum Gasteiger partial charge on any atom is -0.466 e. The van der Waals surface area contributed by atoms with E-state index >= 15 is 0 Å². The van der Waals surface area contributed by atoms with E-state index in [1.165, 1.54) is 0 Å². The summed E-state index contributed by atoms with van der Waals surface area (Å²) < 4.78 is 5.11. The van der Waals surface area contributed by atoms with Crippen LogP contribution in [-0.4, -0.2) is 47.3 Å². The first-order valence-electron chi connectivity index (χ1n) is 7.07. The first-order chi connectivity index (χ1) is 8.44. The summed E-state index contributed by atoms with van der Waals surface area (Å²) in [5.74, 6) is -0.626. The molecule has 18 heavy (non-hydrogen) atoms. The summed E-state index contributed by atoms with van der Waals surface area (Å²) >= 11 is 0. The van der Waals surface area contributed by atoms with E-state index in [0.717, 1.165) is 13.0 Å². The summed E-state index contributed by atoms with van der Waals surface area (Å²) in [6, 6.07) is 0.406. The third-order valence-electron chi connectivity index (χ3n) is 3.84. The van der Waals surface area contributed by atoms with E-state index in [1.54, 1.807) is 6.92 Å². The average Bonchev–Trinajstić information content (AvgIpc) is 2.70. The largest absolute Gasteiger partial charge is 0.466 e. The molecule has 0 amide bonds. The number of carbonyl (C=O) groups is 1. The molecule has 0 radical (unpaired) electrons. The fraction of sp³-hybridized carbons (Fsp3) is 0.929. The lowest BCUT2D eigenvalue weighted by molar-refractivity contribution is -0.158. The molecule has 4 nitrogen and oxygen atoms in total. The van der Waals surface area contributed by atoms with Crippen molar-refractivity contribution in [3.8, 4) is 0 Å². The average molecular weight is 257 g/mol. The second kappa shape index (κ2) is 6.53. The van der Waals surface area contributed by atoms with Gasteiger partial charge in [0.05, 0.1) is 18.1 Å². The summed E-state index contributed by atoms with van der Waals surface area (Å²) in [5, 5.41) is 10.8. The Kier molecular flexibility index (Phi) is 5.60. The highest BCUT2D eigenvalue weighted by molar-refractivity contribution is 5.74. The van der Waals surface area contributed by atoms with Gasteiger partial charge < -0.3 is 9.84 Å². The zero-order valence-corrected chi connectivity index (χ0v) is 12.1. The third-order valence-corrected chi connectivity index (χ3v) is 3.84. The SMILES string of the molecule is CCCC(C(=O)OCC)C1(O)CCN(C(C)C)C1. The Morgan fingerprint density at radius 3 is 2.56 bits per heavy atom. The molecule has 1 heterocycles. The standard InChI is InChI=1S/C14H27NO3/c1-5-7-12(13(16)18-6-2)14(17)8-9-15(10-14)11(3)4/h11-12,17H,5-10H2,1-4H3. The van der Waals surface area contributed by atoms with Crippen molar-refractivity contribution < 1.29 is 14.6 Å². The highest BCUT2D eigenvalue weighted by Gasteiger charge is 2.46. The van der Waals surface area contributed by atoms with Crippen LogP contribution >= 0.6 is 0 Å². The number of nitrogens with zero attached hydrogens (tertiary/aromatic N) is 1. The minimum absolute atomic E-state index is 0.243. The number of carbonyl (C=O) groups excluding carboxylic acids is 1. The summed E-state index contributed by atoms with van der Waals surface area (Å²) in [6.07, 6.45) is 2.24. The maximum atomic E-state index is 12.0. The molecule has 1 aliphatic rings. The van der Waals surface area contributed by atoms with Gasteiger partial charge in [-0.3, -0.25) is 9.69 Å². The van der Waals surface area contributed by atoms with E-state index in [-0.39, 0.29) is 11.9 Å². The van der Waals surface area contributed by atoms with E-state index in [1.807, 2.05) is 6.92 Å². The second-order valence-electron chi connectivity index (χ2n) is 5.51. The molecule has 0 aliphatic carbocycles. The molecule has 1 N–H and O–H groups in total. The molecule has 2 atom stereocenters. The number of rotatable bonds is 6. The molecule has 0 aromatic carbocycles. The molecule has 0 saturated carbocycles. The smallest absolute Gasteiger partial charge is 0.311 e. The van der Waals surface area contributed by atoms with Crippen LogP contribution in [0.25, 0.3) is 0 Å². The fourth-order valence-electron chi connectivity index (χ4n) is 2.71. The molecule has 1 fully saturated rings. The van der Waals surface area contributed by atoms with Crippen molar-refractivity contribution >= 4 is 5.97 Å². The highest BCUT2D eigenvalue weighted by Crippen LogP contribution is 2.33. The summed E-state index contributed by atoms with van der Waals surface area (Å²) in [6.45, 7) is 9.88. The van der Waals surface area contributed by atoms with E-state index < -0.39 is 5.60 Å². The van der Waals surface area contributed by atoms with Gasteiger partial charge in [-0.25, -0.2) is 0 Å². The predicted octanol–water partition coefficient (Wildman–Crippen LogP) is 1.81. The monoisotopic (exact) mass is 257 g/mol. The van der Waals surface area contributed by atoms with Gasteiger partial charge in [-0.15, -0.1) is 0 Å². The Bertz CT molecular complexity index is 280. The quantitative estimate of drug-likeness (QED) is 0.737. The lowest BCUT2D eigenvalue weighted by atomic mass is 9.83. The molecule has 4 heteroatoms. The molecule has 2 unspecified atom stereocenters. The van der Waals surface area contributed by atoms with Crippen molar-refractivity contribution in [3.05, 3.63) is 0 Å². The molecule has 0 spiro atoms. The molecule has 0 bridgehead atoms. The first-order valence-corrected chi connectivity index (χ1v) is 7.07. The minimum atomic E-state index is -0.910. The third kappa shape index (κ3) is 3.45. The van der Waals surface area contributed by atoms with Crippen molar-refractivity contribution in [2.24, 2.45) is 5.92 Å². The van der Waals surface area contributed by atoms with E-state index in [2.05, 4.69) is 18.7 Å². The maximum Gasteiger partial charge on any atom is 0.311 e. The molecule has 0 aromatic heterocycles. The van der Waals surface area contributed by atoms with Crippen LogP contribution in [0.1, 0.15) is 47.0 Å². The normalized spacial score (nSPS) is 26.6. The van der Waals surface area contributed by atoms with Gasteiger partial charge in [0.1, 0.15) is 0 Å². The number of β-amino-alcohol motifs (C(OH)–C–C–N with tert-alkyl or cyclic N) is 1. The van der Waals surface area contributed by atoms with Gasteiger partial charge in [0.15, 0.2) is 0 Å². The Balaban J connectivity index is 2.76. The molecule has 1 saturated heterocycles. The molecule has 1 aliphatic heterocycles. The number of esters is 1. The molecular formula is C14H27NO3. The van der Waals surface area contributed by atoms with Crippen LogP contribution in [0, 0.1) is 5.92 Å². The van der Waals surface area contributed by atoms with Gasteiger partial charge in [0.25, 0.3) is 0 Å². The number of likely N-dealkylation sites (tertiary alicyclic amines) is 1.